The average molecular weight is 429 g/mol. The van der Waals surface area contributed by atoms with Gasteiger partial charge in [-0.15, -0.1) is 0 Å². The molecule has 1 saturated heterocycles. The number of hydrogen-bond donors (Lipinski definition) is 7. The third-order valence-electron chi connectivity index (χ3n) is 4.42. The van der Waals surface area contributed by atoms with E-state index in [9.17, 15) is 33.9 Å². The molecule has 0 spiro atoms. The second-order valence-electron chi connectivity index (χ2n) is 7.02. The summed E-state index contributed by atoms with van der Waals surface area (Å²) in [5.41, 5.74) is 5.09. The number of aliphatic carboxylic acids is 1. The molecule has 8 N–H and O–H groups in total. The van der Waals surface area contributed by atoms with Crippen molar-refractivity contribution in [1.82, 2.24) is 21.3 Å². The number of aliphatic hydroxyl groups excluding tert-OH is 1. The van der Waals surface area contributed by atoms with Crippen LogP contribution in [0.15, 0.2) is 0 Å². The lowest BCUT2D eigenvalue weighted by Gasteiger charge is -2.23. The SMILES string of the molecule is C[C@H](NC(=O)[C@H](CCC(N)=O)NC(=O)[C@@H]1CCC(=O)N1)C(=O)N[C@H](C(=O)O)[C@@H](C)O. The lowest BCUT2D eigenvalue weighted by Crippen LogP contribution is -2.57. The smallest absolute Gasteiger partial charge is 0.328 e. The molecule has 0 aromatic carbocycles. The molecule has 30 heavy (non-hydrogen) atoms. The molecule has 0 unspecified atom stereocenters. The first kappa shape index (κ1) is 24.8. The van der Waals surface area contributed by atoms with E-state index in [1.807, 2.05) is 0 Å². The molecule has 0 radical (unpaired) electrons. The third-order valence-corrected chi connectivity index (χ3v) is 4.42. The maximum atomic E-state index is 12.5. The van der Waals surface area contributed by atoms with Gasteiger partial charge in [-0.2, -0.15) is 0 Å². The topological polar surface area (TPSA) is 217 Å². The first-order valence-electron chi connectivity index (χ1n) is 9.32. The average Bonchev–Trinajstić information content (AvgIpc) is 3.08. The predicted octanol–water partition coefficient (Wildman–Crippen LogP) is -3.53. The zero-order chi connectivity index (χ0) is 23.0. The van der Waals surface area contributed by atoms with Crippen LogP contribution in [0, 0.1) is 0 Å². The first-order chi connectivity index (χ1) is 13.9. The summed E-state index contributed by atoms with van der Waals surface area (Å²) in [7, 11) is 0. The van der Waals surface area contributed by atoms with Gasteiger partial charge in [-0.25, -0.2) is 4.79 Å². The van der Waals surface area contributed by atoms with Crippen molar-refractivity contribution in [2.45, 2.75) is 69.8 Å². The van der Waals surface area contributed by atoms with E-state index in [1.165, 1.54) is 13.8 Å². The highest BCUT2D eigenvalue weighted by Gasteiger charge is 2.32. The molecule has 13 heteroatoms. The van der Waals surface area contributed by atoms with Crippen LogP contribution in [-0.4, -0.2) is 76.0 Å². The molecule has 13 nitrogen and oxygen atoms in total. The van der Waals surface area contributed by atoms with Crippen molar-refractivity contribution in [3.63, 3.8) is 0 Å². The van der Waals surface area contributed by atoms with Crippen molar-refractivity contribution in [1.29, 1.82) is 0 Å². The molecule has 1 heterocycles. The number of rotatable bonds is 11. The third kappa shape index (κ3) is 7.66. The van der Waals surface area contributed by atoms with Gasteiger partial charge in [0.05, 0.1) is 6.10 Å². The Hall–Kier alpha value is -3.22. The molecule has 5 amide bonds. The van der Waals surface area contributed by atoms with Crippen LogP contribution >= 0.6 is 0 Å². The Morgan fingerprint density at radius 3 is 2.23 bits per heavy atom. The van der Waals surface area contributed by atoms with Gasteiger partial charge >= 0.3 is 5.97 Å². The van der Waals surface area contributed by atoms with Gasteiger partial charge in [0.2, 0.25) is 29.5 Å². The van der Waals surface area contributed by atoms with Crippen LogP contribution in [0.25, 0.3) is 0 Å². The van der Waals surface area contributed by atoms with Crippen molar-refractivity contribution in [3.05, 3.63) is 0 Å². The van der Waals surface area contributed by atoms with E-state index in [-0.39, 0.29) is 31.6 Å². The number of hydrogen-bond acceptors (Lipinski definition) is 7. The second kappa shape index (κ2) is 11.1. The Kier molecular flexibility index (Phi) is 9.17. The number of nitrogens with one attached hydrogen (secondary N) is 4. The molecule has 1 aliphatic rings. The first-order valence-corrected chi connectivity index (χ1v) is 9.32. The van der Waals surface area contributed by atoms with Crippen molar-refractivity contribution in [3.8, 4) is 0 Å². The van der Waals surface area contributed by atoms with E-state index < -0.39 is 59.9 Å². The molecule has 0 aliphatic carbocycles. The lowest BCUT2D eigenvalue weighted by molar-refractivity contribution is -0.145. The van der Waals surface area contributed by atoms with Crippen molar-refractivity contribution >= 4 is 35.5 Å². The summed E-state index contributed by atoms with van der Waals surface area (Å²) >= 11 is 0. The number of primary amides is 1. The van der Waals surface area contributed by atoms with Crippen LogP contribution in [0.2, 0.25) is 0 Å². The monoisotopic (exact) mass is 429 g/mol. The van der Waals surface area contributed by atoms with E-state index in [1.54, 1.807) is 0 Å². The molecule has 1 aliphatic heterocycles. The second-order valence-corrected chi connectivity index (χ2v) is 7.02. The molecular formula is C17H27N5O8. The van der Waals surface area contributed by atoms with Gasteiger partial charge < -0.3 is 37.2 Å². The molecule has 1 rings (SSSR count). The number of nitrogens with two attached hydrogens (primary N) is 1. The Morgan fingerprint density at radius 1 is 1.13 bits per heavy atom. The quantitative estimate of drug-likeness (QED) is 0.174. The van der Waals surface area contributed by atoms with Crippen LogP contribution in [0.4, 0.5) is 0 Å². The molecule has 0 bridgehead atoms. The summed E-state index contributed by atoms with van der Waals surface area (Å²) < 4.78 is 0. The minimum Gasteiger partial charge on any atom is -0.480 e. The number of aliphatic hydroxyl groups is 1. The summed E-state index contributed by atoms with van der Waals surface area (Å²) in [6.45, 7) is 2.46. The van der Waals surface area contributed by atoms with Crippen LogP contribution in [-0.2, 0) is 28.8 Å². The van der Waals surface area contributed by atoms with Gasteiger partial charge in [-0.1, -0.05) is 0 Å². The minimum absolute atomic E-state index is 0.145. The number of carboxylic acids is 1. The van der Waals surface area contributed by atoms with Gasteiger partial charge in [0.1, 0.15) is 18.1 Å². The number of carboxylic acid groups (broad SMARTS) is 1. The van der Waals surface area contributed by atoms with E-state index in [2.05, 4.69) is 21.3 Å². The van der Waals surface area contributed by atoms with Gasteiger partial charge in [-0.05, 0) is 26.7 Å². The molecule has 168 valence electrons. The van der Waals surface area contributed by atoms with Crippen molar-refractivity contribution < 1.29 is 39.0 Å². The summed E-state index contributed by atoms with van der Waals surface area (Å²) in [5.74, 6) is -4.77. The van der Waals surface area contributed by atoms with Gasteiger partial charge in [0, 0.05) is 12.8 Å². The molecule has 0 aromatic heterocycles. The number of amides is 5. The summed E-state index contributed by atoms with van der Waals surface area (Å²) in [6, 6.07) is -4.82. The fourth-order valence-corrected chi connectivity index (χ4v) is 2.68. The predicted molar refractivity (Wildman–Crippen MR) is 100 cm³/mol. The van der Waals surface area contributed by atoms with Gasteiger partial charge in [-0.3, -0.25) is 24.0 Å². The summed E-state index contributed by atoms with van der Waals surface area (Å²) in [5, 5.41) is 27.7. The zero-order valence-electron chi connectivity index (χ0n) is 16.6. The standard InChI is InChI=1S/C17H27N5O8/c1-7(14(26)22-13(8(2)23)17(29)30)19-15(27)10(3-5-11(18)24)21-16(28)9-4-6-12(25)20-9/h7-10,13,23H,3-6H2,1-2H3,(H2,18,24)(H,19,27)(H,20,25)(H,21,28)(H,22,26)(H,29,30)/t7-,8+,9-,10-,13-/m0/s1. The van der Waals surface area contributed by atoms with Crippen molar-refractivity contribution in [2.75, 3.05) is 0 Å². The Morgan fingerprint density at radius 2 is 1.77 bits per heavy atom. The van der Waals surface area contributed by atoms with E-state index in [4.69, 9.17) is 10.8 Å². The van der Waals surface area contributed by atoms with Crippen LogP contribution in [0.3, 0.4) is 0 Å². The van der Waals surface area contributed by atoms with E-state index >= 15 is 0 Å². The number of carbonyl (C=O) groups is 6. The van der Waals surface area contributed by atoms with Gasteiger partial charge in [0.15, 0.2) is 6.04 Å². The highest BCUT2D eigenvalue weighted by atomic mass is 16.4. The summed E-state index contributed by atoms with van der Waals surface area (Å²) in [6.07, 6.45) is -1.32. The van der Waals surface area contributed by atoms with E-state index in [0.29, 0.717) is 0 Å². The lowest BCUT2D eigenvalue weighted by atomic mass is 10.1. The maximum absolute atomic E-state index is 12.5. The number of carbonyl (C=O) groups excluding carboxylic acids is 5. The molecule has 0 aromatic rings. The Bertz CT molecular complexity index is 710. The highest BCUT2D eigenvalue weighted by molar-refractivity contribution is 5.96. The van der Waals surface area contributed by atoms with Crippen molar-refractivity contribution in [2.24, 2.45) is 5.73 Å². The zero-order valence-corrected chi connectivity index (χ0v) is 16.6. The Balaban J connectivity index is 2.76. The largest absolute Gasteiger partial charge is 0.480 e. The molecule has 5 atom stereocenters. The van der Waals surface area contributed by atoms with Gasteiger partial charge in [0.25, 0.3) is 0 Å². The summed E-state index contributed by atoms with van der Waals surface area (Å²) in [4.78, 5) is 70.3. The minimum atomic E-state index is -1.58. The maximum Gasteiger partial charge on any atom is 0.328 e. The fourth-order valence-electron chi connectivity index (χ4n) is 2.68. The fraction of sp³-hybridized carbons (Fsp3) is 0.647. The normalized spacial score (nSPS) is 19.6. The molecular weight excluding hydrogens is 402 g/mol. The van der Waals surface area contributed by atoms with Crippen LogP contribution in [0.5, 0.6) is 0 Å². The molecule has 0 saturated carbocycles. The van der Waals surface area contributed by atoms with Crippen LogP contribution < -0.4 is 27.0 Å². The molecule has 1 fully saturated rings. The van der Waals surface area contributed by atoms with E-state index in [0.717, 1.165) is 0 Å². The Labute approximate surface area is 172 Å². The highest BCUT2D eigenvalue weighted by Crippen LogP contribution is 2.08. The van der Waals surface area contributed by atoms with Crippen LogP contribution in [0.1, 0.15) is 39.5 Å².